The van der Waals surface area contributed by atoms with Crippen LogP contribution in [-0.4, -0.2) is 36.2 Å². The first kappa shape index (κ1) is 14.1. The largest absolute Gasteiger partial charge is 0.347 e. The monoisotopic (exact) mass is 260 g/mol. The molecule has 1 rings (SSSR count). The summed E-state index contributed by atoms with van der Waals surface area (Å²) in [5.41, 5.74) is 0.748. The third kappa shape index (κ3) is 4.84. The molecule has 0 amide bonds. The molecule has 0 spiro atoms. The van der Waals surface area contributed by atoms with Gasteiger partial charge in [0.1, 0.15) is 0 Å². The lowest BCUT2D eigenvalue weighted by Gasteiger charge is -2.16. The van der Waals surface area contributed by atoms with Crippen molar-refractivity contribution in [3.63, 3.8) is 0 Å². The van der Waals surface area contributed by atoms with Gasteiger partial charge in [0.2, 0.25) is 10.0 Å². The van der Waals surface area contributed by atoms with Crippen LogP contribution in [0.4, 0.5) is 0 Å². The molecule has 0 aliphatic rings. The quantitative estimate of drug-likeness (QED) is 0.654. The third-order valence-corrected chi connectivity index (χ3v) is 4.13. The van der Waals surface area contributed by atoms with Crippen LogP contribution in [0.25, 0.3) is 0 Å². The maximum atomic E-state index is 11.9. The van der Waals surface area contributed by atoms with E-state index in [-0.39, 0.29) is 12.6 Å². The molecule has 1 heterocycles. The number of hydrogen-bond acceptors (Lipinski definition) is 4. The van der Waals surface area contributed by atoms with Gasteiger partial charge in [-0.15, -0.1) is 0 Å². The van der Waals surface area contributed by atoms with Crippen LogP contribution in [0.3, 0.4) is 0 Å². The van der Waals surface area contributed by atoms with E-state index in [9.17, 15) is 8.42 Å². The van der Waals surface area contributed by atoms with Crippen molar-refractivity contribution < 1.29 is 8.42 Å². The van der Waals surface area contributed by atoms with Crippen molar-refractivity contribution in [3.05, 3.63) is 18.2 Å². The average molecular weight is 260 g/mol. The van der Waals surface area contributed by atoms with Gasteiger partial charge in [-0.2, -0.15) is 0 Å². The highest BCUT2D eigenvalue weighted by molar-refractivity contribution is 7.90. The maximum absolute atomic E-state index is 11.9. The van der Waals surface area contributed by atoms with Gasteiger partial charge in [0, 0.05) is 24.5 Å². The lowest BCUT2D eigenvalue weighted by Crippen LogP contribution is -2.40. The van der Waals surface area contributed by atoms with Gasteiger partial charge >= 0.3 is 0 Å². The van der Waals surface area contributed by atoms with Gasteiger partial charge < -0.3 is 10.3 Å². The van der Waals surface area contributed by atoms with Crippen molar-refractivity contribution in [3.8, 4) is 0 Å². The second-order valence-corrected chi connectivity index (χ2v) is 6.50. The minimum absolute atomic E-state index is 0.244. The second kappa shape index (κ2) is 6.13. The molecule has 0 aliphatic heterocycles. The summed E-state index contributed by atoms with van der Waals surface area (Å²) in [7, 11) is -3.29. The Morgan fingerprint density at radius 3 is 2.65 bits per heavy atom. The van der Waals surface area contributed by atoms with Crippen molar-refractivity contribution in [2.75, 3.05) is 6.54 Å². The zero-order chi connectivity index (χ0) is 12.9. The van der Waals surface area contributed by atoms with Crippen LogP contribution in [-0.2, 0) is 16.6 Å². The van der Waals surface area contributed by atoms with E-state index >= 15 is 0 Å². The van der Waals surface area contributed by atoms with E-state index in [0.717, 1.165) is 5.69 Å². The van der Waals surface area contributed by atoms with Crippen LogP contribution in [0, 0.1) is 0 Å². The highest BCUT2D eigenvalue weighted by atomic mass is 32.2. The highest BCUT2D eigenvalue weighted by Gasteiger charge is 2.20. The summed E-state index contributed by atoms with van der Waals surface area (Å²) >= 11 is 0. The molecule has 0 radical (unpaired) electrons. The van der Waals surface area contributed by atoms with Crippen LogP contribution in [0.15, 0.2) is 12.5 Å². The number of H-pyrrole nitrogens is 1. The summed E-state index contributed by atoms with van der Waals surface area (Å²) in [6, 6.07) is 0.278. The highest BCUT2D eigenvalue weighted by Crippen LogP contribution is 2.00. The molecule has 6 nitrogen and oxygen atoms in total. The Morgan fingerprint density at radius 1 is 1.41 bits per heavy atom. The van der Waals surface area contributed by atoms with E-state index in [1.54, 1.807) is 13.1 Å². The predicted molar refractivity (Wildman–Crippen MR) is 66.9 cm³/mol. The molecule has 0 fully saturated rings. The molecular formula is C10H20N4O2S. The minimum Gasteiger partial charge on any atom is -0.347 e. The summed E-state index contributed by atoms with van der Waals surface area (Å²) in [5.74, 6) is 0. The summed E-state index contributed by atoms with van der Waals surface area (Å²) in [5, 5.41) is 2.64. The molecule has 0 saturated heterocycles. The Morgan fingerprint density at radius 2 is 2.12 bits per heavy atom. The van der Waals surface area contributed by atoms with E-state index in [2.05, 4.69) is 20.0 Å². The molecule has 0 aromatic carbocycles. The number of nitrogens with one attached hydrogen (secondary N) is 3. The van der Waals surface area contributed by atoms with E-state index in [1.165, 1.54) is 6.33 Å². The number of hydrogen-bond donors (Lipinski definition) is 3. The molecule has 7 heteroatoms. The minimum atomic E-state index is -3.29. The fourth-order valence-corrected chi connectivity index (χ4v) is 2.17. The molecule has 17 heavy (non-hydrogen) atoms. The molecule has 0 saturated carbocycles. The second-order valence-electron chi connectivity index (χ2n) is 4.32. The lowest BCUT2D eigenvalue weighted by molar-refractivity contribution is 0.540. The Bertz CT molecular complexity index is 414. The number of nitrogens with zero attached hydrogens (tertiary/aromatic N) is 1. The standard InChI is InChI=1S/C10H20N4O2S/c1-8(2)12-4-9(3)17(15,16)14-6-10-5-11-7-13-10/h5,7-9,12,14H,4,6H2,1-3H3,(H,11,13). The Balaban J connectivity index is 2.44. The number of aromatic nitrogens is 2. The average Bonchev–Trinajstić information content (AvgIpc) is 2.75. The molecule has 1 unspecified atom stereocenters. The molecule has 1 atom stereocenters. The Labute approximate surface area is 102 Å². The first-order valence-electron chi connectivity index (χ1n) is 5.61. The molecule has 1 aromatic heterocycles. The van der Waals surface area contributed by atoms with Gasteiger partial charge in [-0.3, -0.25) is 0 Å². The van der Waals surface area contributed by atoms with Crippen LogP contribution in [0.2, 0.25) is 0 Å². The molecule has 0 bridgehead atoms. The van der Waals surface area contributed by atoms with Crippen molar-refractivity contribution >= 4 is 10.0 Å². The number of sulfonamides is 1. The fraction of sp³-hybridized carbons (Fsp3) is 0.700. The fourth-order valence-electron chi connectivity index (χ4n) is 1.21. The maximum Gasteiger partial charge on any atom is 0.215 e. The third-order valence-electron chi connectivity index (χ3n) is 2.36. The Kier molecular flexibility index (Phi) is 5.10. The van der Waals surface area contributed by atoms with Gasteiger partial charge in [-0.1, -0.05) is 13.8 Å². The van der Waals surface area contributed by atoms with Crippen LogP contribution < -0.4 is 10.0 Å². The molecule has 1 aromatic rings. The number of aromatic amines is 1. The predicted octanol–water partition coefficient (Wildman–Crippen LogP) is 0.216. The van der Waals surface area contributed by atoms with Gasteiger partial charge in [-0.05, 0) is 6.92 Å². The van der Waals surface area contributed by atoms with Crippen molar-refractivity contribution in [2.24, 2.45) is 0 Å². The molecule has 3 N–H and O–H groups in total. The van der Waals surface area contributed by atoms with Crippen molar-refractivity contribution in [1.29, 1.82) is 0 Å². The number of imidazole rings is 1. The van der Waals surface area contributed by atoms with Crippen molar-refractivity contribution in [1.82, 2.24) is 20.0 Å². The first-order chi connectivity index (χ1) is 7.92. The SMILES string of the molecule is CC(C)NCC(C)S(=O)(=O)NCc1cnc[nH]1. The topological polar surface area (TPSA) is 86.9 Å². The van der Waals surface area contributed by atoms with E-state index in [0.29, 0.717) is 6.54 Å². The Hall–Kier alpha value is -0.920. The van der Waals surface area contributed by atoms with Crippen LogP contribution in [0.5, 0.6) is 0 Å². The normalized spacial score (nSPS) is 14.1. The number of rotatable bonds is 7. The van der Waals surface area contributed by atoms with Gasteiger partial charge in [0.05, 0.1) is 18.1 Å². The van der Waals surface area contributed by atoms with E-state index in [4.69, 9.17) is 0 Å². The van der Waals surface area contributed by atoms with Gasteiger partial charge in [-0.25, -0.2) is 18.1 Å². The summed E-state index contributed by atoms with van der Waals surface area (Å²) in [6.45, 7) is 6.34. The smallest absolute Gasteiger partial charge is 0.215 e. The summed E-state index contributed by atoms with van der Waals surface area (Å²) in [6.07, 6.45) is 3.12. The van der Waals surface area contributed by atoms with E-state index in [1.807, 2.05) is 13.8 Å². The van der Waals surface area contributed by atoms with Gasteiger partial charge in [0.15, 0.2) is 0 Å². The summed E-state index contributed by atoms with van der Waals surface area (Å²) in [4.78, 5) is 6.67. The zero-order valence-electron chi connectivity index (χ0n) is 10.4. The van der Waals surface area contributed by atoms with Crippen LogP contribution in [0.1, 0.15) is 26.5 Å². The van der Waals surface area contributed by atoms with Crippen molar-refractivity contribution in [2.45, 2.75) is 38.6 Å². The van der Waals surface area contributed by atoms with Crippen LogP contribution >= 0.6 is 0 Å². The zero-order valence-corrected chi connectivity index (χ0v) is 11.2. The molecule has 0 aliphatic carbocycles. The lowest BCUT2D eigenvalue weighted by atomic mass is 10.3. The van der Waals surface area contributed by atoms with E-state index < -0.39 is 15.3 Å². The first-order valence-corrected chi connectivity index (χ1v) is 7.15. The molecular weight excluding hydrogens is 240 g/mol. The van der Waals surface area contributed by atoms with Gasteiger partial charge in [0.25, 0.3) is 0 Å². The molecule has 98 valence electrons. The summed E-state index contributed by atoms with van der Waals surface area (Å²) < 4.78 is 26.3.